The van der Waals surface area contributed by atoms with Crippen LogP contribution in [0, 0.1) is 13.8 Å². The lowest BCUT2D eigenvalue weighted by molar-refractivity contribution is -0.137. The Morgan fingerprint density at radius 3 is 2.34 bits per heavy atom. The molecule has 0 atom stereocenters. The van der Waals surface area contributed by atoms with Crippen LogP contribution in [0.2, 0.25) is 0 Å². The van der Waals surface area contributed by atoms with Crippen LogP contribution in [0.4, 0.5) is 24.7 Å². The summed E-state index contributed by atoms with van der Waals surface area (Å²) in [6.45, 7) is 5.64. The van der Waals surface area contributed by atoms with Crippen LogP contribution in [0.1, 0.15) is 16.7 Å². The molecular formula is C20H24F3N5O3S. The number of primary sulfonamides is 1. The molecule has 0 radical (unpaired) electrons. The van der Waals surface area contributed by atoms with Crippen LogP contribution in [-0.4, -0.2) is 56.9 Å². The molecule has 0 bridgehead atoms. The summed E-state index contributed by atoms with van der Waals surface area (Å²) >= 11 is 0. The molecule has 0 unspecified atom stereocenters. The number of aryl methyl sites for hydroxylation is 1. The normalized spacial score (nSPS) is 15.6. The third-order valence-corrected chi connectivity index (χ3v) is 6.27. The van der Waals surface area contributed by atoms with Gasteiger partial charge >= 0.3 is 6.18 Å². The molecule has 1 aromatic carbocycles. The minimum atomic E-state index is -4.43. The van der Waals surface area contributed by atoms with Crippen molar-refractivity contribution < 1.29 is 26.4 Å². The largest absolute Gasteiger partial charge is 0.417 e. The van der Waals surface area contributed by atoms with Crippen LogP contribution in [0.25, 0.3) is 0 Å². The molecule has 0 spiro atoms. The van der Waals surface area contributed by atoms with Crippen molar-refractivity contribution in [2.24, 2.45) is 5.14 Å². The fraction of sp³-hybridized carbons (Fsp3) is 0.400. The Bertz CT molecular complexity index is 1100. The molecule has 8 nitrogen and oxygen atoms in total. The number of alkyl halides is 3. The van der Waals surface area contributed by atoms with Gasteiger partial charge in [-0.15, -0.1) is 0 Å². The zero-order valence-corrected chi connectivity index (χ0v) is 18.4. The number of nitrogens with one attached hydrogen (secondary N) is 1. The molecule has 1 aliphatic heterocycles. The third-order valence-electron chi connectivity index (χ3n) is 5.38. The van der Waals surface area contributed by atoms with Crippen molar-refractivity contribution in [3.63, 3.8) is 0 Å². The van der Waals surface area contributed by atoms with E-state index in [1.807, 2.05) is 9.80 Å². The first-order chi connectivity index (χ1) is 14.8. The zero-order valence-electron chi connectivity index (χ0n) is 17.6. The standard InChI is InChI=1S/C20H24F3N5O3S/c1-13-9-16(32(24,30)31)10-17(14(13)2)26-19(29)12-27-5-7-28(8-6-27)18-4-3-15(11-25-18)20(21,22)23/h3-4,9-11H,5-8,12H2,1-2H3,(H,26,29)(H2,24,30,31). The van der Waals surface area contributed by atoms with E-state index in [0.717, 1.165) is 17.8 Å². The van der Waals surface area contributed by atoms with E-state index in [1.165, 1.54) is 18.2 Å². The Morgan fingerprint density at radius 2 is 1.81 bits per heavy atom. The summed E-state index contributed by atoms with van der Waals surface area (Å²) < 4.78 is 61.4. The average molecular weight is 472 g/mol. The van der Waals surface area contributed by atoms with E-state index in [9.17, 15) is 26.4 Å². The number of rotatable bonds is 5. The molecule has 2 aromatic rings. The van der Waals surface area contributed by atoms with Gasteiger partial charge < -0.3 is 10.2 Å². The van der Waals surface area contributed by atoms with Gasteiger partial charge in [0.05, 0.1) is 17.0 Å². The van der Waals surface area contributed by atoms with Gasteiger partial charge in [0.25, 0.3) is 0 Å². The minimum Gasteiger partial charge on any atom is -0.354 e. The molecule has 1 fully saturated rings. The van der Waals surface area contributed by atoms with Gasteiger partial charge in [0, 0.05) is 38.1 Å². The Kier molecular flexibility index (Phi) is 6.77. The number of piperazine rings is 1. The molecule has 1 amide bonds. The molecule has 0 saturated carbocycles. The highest BCUT2D eigenvalue weighted by Gasteiger charge is 2.31. The number of hydrogen-bond acceptors (Lipinski definition) is 6. The fourth-order valence-electron chi connectivity index (χ4n) is 3.39. The van der Waals surface area contributed by atoms with Crippen LogP contribution in [0.3, 0.4) is 0 Å². The van der Waals surface area contributed by atoms with Crippen molar-refractivity contribution in [2.45, 2.75) is 24.9 Å². The number of anilines is 2. The highest BCUT2D eigenvalue weighted by Crippen LogP contribution is 2.29. The molecule has 12 heteroatoms. The number of carbonyl (C=O) groups is 1. The summed E-state index contributed by atoms with van der Waals surface area (Å²) in [7, 11) is -3.91. The third kappa shape index (κ3) is 5.75. The molecule has 1 aliphatic rings. The highest BCUT2D eigenvalue weighted by molar-refractivity contribution is 7.89. The van der Waals surface area contributed by atoms with Crippen LogP contribution in [-0.2, 0) is 21.0 Å². The van der Waals surface area contributed by atoms with Gasteiger partial charge in [-0.2, -0.15) is 13.2 Å². The predicted molar refractivity (Wildman–Crippen MR) is 114 cm³/mol. The van der Waals surface area contributed by atoms with E-state index in [1.54, 1.807) is 13.8 Å². The minimum absolute atomic E-state index is 0.0754. The van der Waals surface area contributed by atoms with E-state index in [4.69, 9.17) is 5.14 Å². The molecule has 2 heterocycles. The van der Waals surface area contributed by atoms with E-state index in [-0.39, 0.29) is 17.3 Å². The molecule has 174 valence electrons. The maximum Gasteiger partial charge on any atom is 0.417 e. The number of aromatic nitrogens is 1. The maximum atomic E-state index is 12.7. The van der Waals surface area contributed by atoms with Gasteiger partial charge in [0.15, 0.2) is 0 Å². The number of sulfonamides is 1. The summed E-state index contributed by atoms with van der Waals surface area (Å²) in [6.07, 6.45) is -3.61. The summed E-state index contributed by atoms with van der Waals surface area (Å²) in [5.41, 5.74) is 1.01. The highest BCUT2D eigenvalue weighted by atomic mass is 32.2. The molecule has 1 saturated heterocycles. The van der Waals surface area contributed by atoms with Gasteiger partial charge in [-0.25, -0.2) is 18.5 Å². The van der Waals surface area contributed by atoms with Crippen LogP contribution >= 0.6 is 0 Å². The number of carbonyl (C=O) groups excluding carboxylic acids is 1. The smallest absolute Gasteiger partial charge is 0.354 e. The van der Waals surface area contributed by atoms with Crippen molar-refractivity contribution in [2.75, 3.05) is 42.9 Å². The monoisotopic (exact) mass is 471 g/mol. The van der Waals surface area contributed by atoms with E-state index < -0.39 is 21.8 Å². The van der Waals surface area contributed by atoms with Gasteiger partial charge in [0.2, 0.25) is 15.9 Å². The summed E-state index contributed by atoms with van der Waals surface area (Å²) in [5.74, 6) is 0.146. The number of nitrogens with zero attached hydrogens (tertiary/aromatic N) is 3. The number of pyridine rings is 1. The Hall–Kier alpha value is -2.70. The summed E-state index contributed by atoms with van der Waals surface area (Å²) in [6, 6.07) is 5.13. The molecule has 3 N–H and O–H groups in total. The Labute approximate surface area is 184 Å². The lowest BCUT2D eigenvalue weighted by atomic mass is 10.1. The second kappa shape index (κ2) is 9.04. The second-order valence-electron chi connectivity index (χ2n) is 7.67. The van der Waals surface area contributed by atoms with Crippen LogP contribution < -0.4 is 15.4 Å². The summed E-state index contributed by atoms with van der Waals surface area (Å²) in [4.78, 5) is 20.1. The van der Waals surface area contributed by atoms with Crippen molar-refractivity contribution in [3.05, 3.63) is 47.2 Å². The first-order valence-corrected chi connectivity index (χ1v) is 11.3. The van der Waals surface area contributed by atoms with Gasteiger partial charge in [-0.05, 0) is 49.2 Å². The maximum absolute atomic E-state index is 12.7. The second-order valence-corrected chi connectivity index (χ2v) is 9.23. The quantitative estimate of drug-likeness (QED) is 0.692. The van der Waals surface area contributed by atoms with E-state index >= 15 is 0 Å². The summed E-state index contributed by atoms with van der Waals surface area (Å²) in [5, 5.41) is 7.94. The average Bonchev–Trinajstić information content (AvgIpc) is 2.70. The number of hydrogen-bond donors (Lipinski definition) is 2. The van der Waals surface area contributed by atoms with E-state index in [0.29, 0.717) is 43.2 Å². The fourth-order valence-corrected chi connectivity index (χ4v) is 4.01. The first kappa shape index (κ1) is 24.0. The van der Waals surface area contributed by atoms with Gasteiger partial charge in [-0.3, -0.25) is 9.69 Å². The Morgan fingerprint density at radius 1 is 1.16 bits per heavy atom. The van der Waals surface area contributed by atoms with Gasteiger partial charge in [-0.1, -0.05) is 0 Å². The molecule has 32 heavy (non-hydrogen) atoms. The zero-order chi connectivity index (χ0) is 23.7. The number of nitrogens with two attached hydrogens (primary N) is 1. The van der Waals surface area contributed by atoms with Crippen molar-refractivity contribution in [1.82, 2.24) is 9.88 Å². The van der Waals surface area contributed by atoms with Crippen LogP contribution in [0.5, 0.6) is 0 Å². The molecule has 1 aromatic heterocycles. The van der Waals surface area contributed by atoms with Crippen LogP contribution in [0.15, 0.2) is 35.4 Å². The molecular weight excluding hydrogens is 447 g/mol. The molecule has 0 aliphatic carbocycles. The lowest BCUT2D eigenvalue weighted by Gasteiger charge is -2.35. The van der Waals surface area contributed by atoms with Crippen molar-refractivity contribution in [1.29, 1.82) is 0 Å². The number of amides is 1. The van der Waals surface area contributed by atoms with E-state index in [2.05, 4.69) is 10.3 Å². The number of halogens is 3. The predicted octanol–water partition coefficient (Wildman–Crippen LogP) is 2.13. The Balaban J connectivity index is 1.58. The SMILES string of the molecule is Cc1cc(S(N)(=O)=O)cc(NC(=O)CN2CCN(c3ccc(C(F)(F)F)cn3)CC2)c1C. The lowest BCUT2D eigenvalue weighted by Crippen LogP contribution is -2.49. The van der Waals surface area contributed by atoms with Gasteiger partial charge in [0.1, 0.15) is 5.82 Å². The number of benzene rings is 1. The van der Waals surface area contributed by atoms with Crippen molar-refractivity contribution >= 4 is 27.4 Å². The molecule has 3 rings (SSSR count). The first-order valence-electron chi connectivity index (χ1n) is 9.79. The van der Waals surface area contributed by atoms with Crippen molar-refractivity contribution in [3.8, 4) is 0 Å². The topological polar surface area (TPSA) is 109 Å².